The molecule has 1 aliphatic rings. The number of carboxylic acids is 1. The largest absolute Gasteiger partial charge is 0.508 e. The fourth-order valence-corrected chi connectivity index (χ4v) is 2.35. The first-order valence-electron chi connectivity index (χ1n) is 6.54. The molecule has 3 rings (SSSR count). The average Bonchev–Trinajstić information content (AvgIpc) is 2.93. The van der Waals surface area contributed by atoms with E-state index < -0.39 is 11.9 Å². The Morgan fingerprint density at radius 1 is 1.10 bits per heavy atom. The lowest BCUT2D eigenvalue weighted by atomic mass is 9.92. The lowest BCUT2D eigenvalue weighted by Gasteiger charge is -2.13. The molecule has 1 atom stereocenters. The minimum Gasteiger partial charge on any atom is -0.508 e. The third-order valence-corrected chi connectivity index (χ3v) is 3.47. The summed E-state index contributed by atoms with van der Waals surface area (Å²) in [5.74, 6) is -0.211. The molecule has 2 N–H and O–H groups in total. The molecule has 2 aromatic carbocycles. The van der Waals surface area contributed by atoms with Crippen LogP contribution in [0.3, 0.4) is 0 Å². The van der Waals surface area contributed by atoms with Crippen LogP contribution >= 0.6 is 0 Å². The van der Waals surface area contributed by atoms with Gasteiger partial charge in [0.1, 0.15) is 5.75 Å². The molecule has 0 aliphatic carbocycles. The van der Waals surface area contributed by atoms with Crippen LogP contribution in [-0.2, 0) is 11.2 Å². The molecule has 0 radical (unpaired) electrons. The van der Waals surface area contributed by atoms with Crippen LogP contribution in [0, 0.1) is 0 Å². The summed E-state index contributed by atoms with van der Waals surface area (Å²) in [6.07, 6.45) is 0.343. The fourth-order valence-electron chi connectivity index (χ4n) is 2.35. The zero-order chi connectivity index (χ0) is 14.8. The summed E-state index contributed by atoms with van der Waals surface area (Å²) >= 11 is 0. The van der Waals surface area contributed by atoms with Crippen LogP contribution in [0.15, 0.2) is 42.5 Å². The van der Waals surface area contributed by atoms with Crippen molar-refractivity contribution in [3.8, 4) is 17.2 Å². The molecule has 1 aliphatic heterocycles. The van der Waals surface area contributed by atoms with Gasteiger partial charge in [-0.3, -0.25) is 4.79 Å². The molecule has 2 aromatic rings. The van der Waals surface area contributed by atoms with E-state index >= 15 is 0 Å². The predicted molar refractivity (Wildman–Crippen MR) is 74.8 cm³/mol. The molecular weight excluding hydrogens is 272 g/mol. The molecule has 1 unspecified atom stereocenters. The van der Waals surface area contributed by atoms with Gasteiger partial charge in [-0.25, -0.2) is 0 Å². The second-order valence-corrected chi connectivity index (χ2v) is 4.87. The molecule has 0 saturated heterocycles. The molecule has 5 nitrogen and oxygen atoms in total. The number of carboxylic acid groups (broad SMARTS) is 1. The van der Waals surface area contributed by atoms with Crippen molar-refractivity contribution in [1.29, 1.82) is 0 Å². The maximum atomic E-state index is 11.5. The first kappa shape index (κ1) is 13.3. The van der Waals surface area contributed by atoms with E-state index in [4.69, 9.17) is 9.47 Å². The monoisotopic (exact) mass is 286 g/mol. The number of benzene rings is 2. The highest BCUT2D eigenvalue weighted by molar-refractivity contribution is 5.77. The van der Waals surface area contributed by atoms with Gasteiger partial charge in [-0.2, -0.15) is 0 Å². The van der Waals surface area contributed by atoms with Crippen molar-refractivity contribution in [2.24, 2.45) is 0 Å². The number of hydrogen-bond donors (Lipinski definition) is 2. The minimum atomic E-state index is -0.901. The van der Waals surface area contributed by atoms with Crippen molar-refractivity contribution in [2.75, 3.05) is 6.79 Å². The van der Waals surface area contributed by atoms with E-state index in [2.05, 4.69) is 0 Å². The molecule has 0 spiro atoms. The van der Waals surface area contributed by atoms with E-state index in [1.165, 1.54) is 0 Å². The van der Waals surface area contributed by atoms with Gasteiger partial charge >= 0.3 is 5.97 Å². The maximum Gasteiger partial charge on any atom is 0.311 e. The zero-order valence-corrected chi connectivity index (χ0v) is 11.2. The van der Waals surface area contributed by atoms with Gasteiger partial charge in [0.05, 0.1) is 5.92 Å². The summed E-state index contributed by atoms with van der Waals surface area (Å²) in [4.78, 5) is 11.5. The Bertz CT molecular complexity index is 663. The zero-order valence-electron chi connectivity index (χ0n) is 11.2. The van der Waals surface area contributed by atoms with E-state index in [-0.39, 0.29) is 12.5 Å². The smallest absolute Gasteiger partial charge is 0.311 e. The van der Waals surface area contributed by atoms with Gasteiger partial charge < -0.3 is 19.7 Å². The number of phenols is 1. The van der Waals surface area contributed by atoms with Crippen molar-refractivity contribution >= 4 is 5.97 Å². The lowest BCUT2D eigenvalue weighted by molar-refractivity contribution is -0.138. The van der Waals surface area contributed by atoms with Gasteiger partial charge in [0.15, 0.2) is 11.5 Å². The van der Waals surface area contributed by atoms with Crippen LogP contribution in [-0.4, -0.2) is 23.0 Å². The Hall–Kier alpha value is -2.69. The Labute approximate surface area is 121 Å². The summed E-state index contributed by atoms with van der Waals surface area (Å²) < 4.78 is 10.5. The summed E-state index contributed by atoms with van der Waals surface area (Å²) in [6.45, 7) is 0.161. The molecule has 0 aromatic heterocycles. The normalized spacial score (nSPS) is 13.9. The number of carbonyl (C=O) groups is 1. The topological polar surface area (TPSA) is 76.0 Å². The molecule has 0 amide bonds. The molecule has 0 fully saturated rings. The molecule has 21 heavy (non-hydrogen) atoms. The third kappa shape index (κ3) is 2.76. The van der Waals surface area contributed by atoms with E-state index in [0.29, 0.717) is 23.5 Å². The van der Waals surface area contributed by atoms with Gasteiger partial charge in [0, 0.05) is 0 Å². The minimum absolute atomic E-state index is 0.161. The SMILES string of the molecule is O=C(O)C(Cc1ccc(O)cc1)c1ccc2c(c1)OCO2. The second kappa shape index (κ2) is 5.36. The Morgan fingerprint density at radius 3 is 2.52 bits per heavy atom. The van der Waals surface area contributed by atoms with E-state index in [1.54, 1.807) is 42.5 Å². The fraction of sp³-hybridized carbons (Fsp3) is 0.188. The summed E-state index contributed by atoms with van der Waals surface area (Å²) in [7, 11) is 0. The van der Waals surface area contributed by atoms with Crippen LogP contribution in [0.25, 0.3) is 0 Å². The van der Waals surface area contributed by atoms with Crippen molar-refractivity contribution in [3.63, 3.8) is 0 Å². The quantitative estimate of drug-likeness (QED) is 0.903. The van der Waals surface area contributed by atoms with Crippen LogP contribution < -0.4 is 9.47 Å². The standard InChI is InChI=1S/C16H14O5/c17-12-4-1-10(2-5-12)7-13(16(18)19)11-3-6-14-15(8-11)21-9-20-14/h1-6,8,13,17H,7,9H2,(H,18,19). The van der Waals surface area contributed by atoms with Crippen molar-refractivity contribution in [3.05, 3.63) is 53.6 Å². The Balaban J connectivity index is 1.87. The average molecular weight is 286 g/mol. The highest BCUT2D eigenvalue weighted by atomic mass is 16.7. The number of ether oxygens (including phenoxy) is 2. The number of phenolic OH excluding ortho intramolecular Hbond substituents is 1. The van der Waals surface area contributed by atoms with Crippen molar-refractivity contribution < 1.29 is 24.5 Å². The number of aliphatic carboxylic acids is 1. The first-order chi connectivity index (χ1) is 10.1. The Morgan fingerprint density at radius 2 is 1.81 bits per heavy atom. The number of fused-ring (bicyclic) bond motifs is 1. The van der Waals surface area contributed by atoms with E-state index in [1.807, 2.05) is 0 Å². The van der Waals surface area contributed by atoms with Gasteiger partial charge in [0.25, 0.3) is 0 Å². The van der Waals surface area contributed by atoms with Crippen LogP contribution in [0.5, 0.6) is 17.2 Å². The van der Waals surface area contributed by atoms with Crippen LogP contribution in [0.1, 0.15) is 17.0 Å². The second-order valence-electron chi connectivity index (χ2n) is 4.87. The molecule has 0 saturated carbocycles. The lowest BCUT2D eigenvalue weighted by Crippen LogP contribution is -2.14. The van der Waals surface area contributed by atoms with Gasteiger partial charge in [0.2, 0.25) is 6.79 Å². The maximum absolute atomic E-state index is 11.5. The summed E-state index contributed by atoms with van der Waals surface area (Å²) in [5.41, 5.74) is 1.51. The Kier molecular flexibility index (Phi) is 3.39. The van der Waals surface area contributed by atoms with E-state index in [0.717, 1.165) is 5.56 Å². The van der Waals surface area contributed by atoms with Crippen molar-refractivity contribution in [2.45, 2.75) is 12.3 Å². The van der Waals surface area contributed by atoms with Crippen LogP contribution in [0.2, 0.25) is 0 Å². The summed E-state index contributed by atoms with van der Waals surface area (Å²) in [6, 6.07) is 11.7. The molecule has 1 heterocycles. The third-order valence-electron chi connectivity index (χ3n) is 3.47. The number of rotatable bonds is 4. The molecule has 5 heteroatoms. The van der Waals surface area contributed by atoms with E-state index in [9.17, 15) is 15.0 Å². The summed E-state index contributed by atoms with van der Waals surface area (Å²) in [5, 5.41) is 18.7. The van der Waals surface area contributed by atoms with Gasteiger partial charge in [-0.15, -0.1) is 0 Å². The molecule has 108 valence electrons. The van der Waals surface area contributed by atoms with Crippen LogP contribution in [0.4, 0.5) is 0 Å². The number of aromatic hydroxyl groups is 1. The first-order valence-corrected chi connectivity index (χ1v) is 6.54. The molecular formula is C16H14O5. The highest BCUT2D eigenvalue weighted by Gasteiger charge is 2.23. The molecule has 0 bridgehead atoms. The highest BCUT2D eigenvalue weighted by Crippen LogP contribution is 2.35. The number of hydrogen-bond acceptors (Lipinski definition) is 4. The van der Waals surface area contributed by atoms with Gasteiger partial charge in [-0.1, -0.05) is 18.2 Å². The van der Waals surface area contributed by atoms with Gasteiger partial charge in [-0.05, 0) is 41.8 Å². The van der Waals surface area contributed by atoms with Crippen molar-refractivity contribution in [1.82, 2.24) is 0 Å². The predicted octanol–water partition coefficient (Wildman–Crippen LogP) is 2.53.